The molecule has 1 heterocycles. The molecule has 2 atom stereocenters. The maximum absolute atomic E-state index is 10.8. The summed E-state index contributed by atoms with van der Waals surface area (Å²) in [7, 11) is 1.60. The number of aromatic nitrogens is 2. The highest BCUT2D eigenvalue weighted by molar-refractivity contribution is 5.31. The highest BCUT2D eigenvalue weighted by Crippen LogP contribution is 2.40. The molecule has 1 saturated carbocycles. The number of rotatable bonds is 3. The number of aryl methyl sites for hydroxylation is 1. The van der Waals surface area contributed by atoms with Crippen molar-refractivity contribution < 1.29 is 9.84 Å². The molecule has 0 aromatic carbocycles. The zero-order valence-corrected chi connectivity index (χ0v) is 10.5. The zero-order chi connectivity index (χ0) is 12.5. The van der Waals surface area contributed by atoms with E-state index in [2.05, 4.69) is 5.10 Å². The predicted molar refractivity (Wildman–Crippen MR) is 64.8 cm³/mol. The van der Waals surface area contributed by atoms with Crippen molar-refractivity contribution in [2.75, 3.05) is 7.11 Å². The van der Waals surface area contributed by atoms with Gasteiger partial charge in [0.25, 0.3) is 0 Å². The molecule has 1 aliphatic carbocycles. The van der Waals surface area contributed by atoms with Crippen LogP contribution in [0.3, 0.4) is 0 Å². The van der Waals surface area contributed by atoms with Crippen LogP contribution in [-0.2, 0) is 12.1 Å². The van der Waals surface area contributed by atoms with Crippen molar-refractivity contribution in [3.8, 4) is 5.75 Å². The standard InChI is InChI=1S/C12H21N3O2/c1-3-15-11(10(17-2)8-14-15)12(16)6-4-5-9(13)7-12/h8-9,16H,3-7,13H2,1-2H3. The quantitative estimate of drug-likeness (QED) is 0.825. The van der Waals surface area contributed by atoms with E-state index in [1.165, 1.54) is 0 Å². The van der Waals surface area contributed by atoms with Crippen molar-refractivity contribution >= 4 is 0 Å². The number of ether oxygens (including phenoxy) is 1. The van der Waals surface area contributed by atoms with Gasteiger partial charge in [-0.1, -0.05) is 0 Å². The summed E-state index contributed by atoms with van der Waals surface area (Å²) in [6.45, 7) is 2.72. The summed E-state index contributed by atoms with van der Waals surface area (Å²) in [4.78, 5) is 0. The van der Waals surface area contributed by atoms with Gasteiger partial charge in [0.1, 0.15) is 11.3 Å². The molecule has 0 saturated heterocycles. The Morgan fingerprint density at radius 1 is 1.71 bits per heavy atom. The number of nitrogens with two attached hydrogens (primary N) is 1. The van der Waals surface area contributed by atoms with Crippen molar-refractivity contribution in [1.29, 1.82) is 0 Å². The summed E-state index contributed by atoms with van der Waals surface area (Å²) in [6.07, 6.45) is 4.88. The molecular formula is C12H21N3O2. The van der Waals surface area contributed by atoms with Gasteiger partial charge in [-0.2, -0.15) is 5.10 Å². The van der Waals surface area contributed by atoms with E-state index in [9.17, 15) is 5.11 Å². The molecule has 2 rings (SSSR count). The minimum atomic E-state index is -0.893. The molecule has 5 nitrogen and oxygen atoms in total. The summed E-state index contributed by atoms with van der Waals surface area (Å²) in [6, 6.07) is 0.0543. The predicted octanol–water partition coefficient (Wildman–Crippen LogP) is 1.00. The van der Waals surface area contributed by atoms with Crippen LogP contribution < -0.4 is 10.5 Å². The van der Waals surface area contributed by atoms with Gasteiger partial charge in [-0.05, 0) is 32.6 Å². The first-order valence-corrected chi connectivity index (χ1v) is 6.19. The molecule has 0 amide bonds. The van der Waals surface area contributed by atoms with Crippen LogP contribution >= 0.6 is 0 Å². The van der Waals surface area contributed by atoms with Gasteiger partial charge in [0.2, 0.25) is 0 Å². The van der Waals surface area contributed by atoms with Crippen molar-refractivity contribution in [1.82, 2.24) is 9.78 Å². The Balaban J connectivity index is 2.39. The van der Waals surface area contributed by atoms with E-state index in [1.807, 2.05) is 6.92 Å². The minimum absolute atomic E-state index is 0.0543. The van der Waals surface area contributed by atoms with Crippen LogP contribution in [0.1, 0.15) is 38.3 Å². The van der Waals surface area contributed by atoms with Gasteiger partial charge in [-0.15, -0.1) is 0 Å². The second-order valence-electron chi connectivity index (χ2n) is 4.77. The first-order chi connectivity index (χ1) is 8.10. The first-order valence-electron chi connectivity index (χ1n) is 6.19. The maximum Gasteiger partial charge on any atom is 0.162 e. The van der Waals surface area contributed by atoms with Crippen LogP contribution in [-0.4, -0.2) is 28.0 Å². The Morgan fingerprint density at radius 3 is 3.06 bits per heavy atom. The molecule has 0 bridgehead atoms. The number of aliphatic hydroxyl groups is 1. The van der Waals surface area contributed by atoms with Gasteiger partial charge in [0, 0.05) is 12.6 Å². The van der Waals surface area contributed by atoms with Crippen LogP contribution in [0, 0.1) is 0 Å². The van der Waals surface area contributed by atoms with E-state index in [0.29, 0.717) is 12.2 Å². The topological polar surface area (TPSA) is 73.3 Å². The number of nitrogens with zero attached hydrogens (tertiary/aromatic N) is 2. The summed E-state index contributed by atoms with van der Waals surface area (Å²) in [5.74, 6) is 0.656. The Morgan fingerprint density at radius 2 is 2.47 bits per heavy atom. The van der Waals surface area contributed by atoms with Gasteiger partial charge in [-0.3, -0.25) is 4.68 Å². The monoisotopic (exact) mass is 239 g/mol. The fourth-order valence-electron chi connectivity index (χ4n) is 2.74. The van der Waals surface area contributed by atoms with Crippen LogP contribution in [0.2, 0.25) is 0 Å². The number of methoxy groups -OCH3 is 1. The van der Waals surface area contributed by atoms with Crippen LogP contribution in [0.4, 0.5) is 0 Å². The van der Waals surface area contributed by atoms with E-state index in [1.54, 1.807) is 18.0 Å². The highest BCUT2D eigenvalue weighted by Gasteiger charge is 2.39. The minimum Gasteiger partial charge on any atom is -0.493 e. The Hall–Kier alpha value is -1.07. The molecule has 1 aliphatic rings. The summed E-state index contributed by atoms with van der Waals surface area (Å²) in [5, 5.41) is 15.0. The third-order valence-corrected chi connectivity index (χ3v) is 3.53. The summed E-state index contributed by atoms with van der Waals surface area (Å²) < 4.78 is 7.10. The fraction of sp³-hybridized carbons (Fsp3) is 0.750. The van der Waals surface area contributed by atoms with E-state index < -0.39 is 5.60 Å². The van der Waals surface area contributed by atoms with Crippen molar-refractivity contribution in [3.63, 3.8) is 0 Å². The van der Waals surface area contributed by atoms with Crippen LogP contribution in [0.5, 0.6) is 5.75 Å². The second-order valence-corrected chi connectivity index (χ2v) is 4.77. The molecule has 5 heteroatoms. The molecule has 1 aromatic heterocycles. The molecule has 3 N–H and O–H groups in total. The lowest BCUT2D eigenvalue weighted by Crippen LogP contribution is -2.40. The van der Waals surface area contributed by atoms with Crippen LogP contribution in [0.15, 0.2) is 6.20 Å². The molecule has 2 unspecified atom stereocenters. The molecule has 0 aliphatic heterocycles. The third-order valence-electron chi connectivity index (χ3n) is 3.53. The van der Waals surface area contributed by atoms with Gasteiger partial charge < -0.3 is 15.6 Å². The molecule has 17 heavy (non-hydrogen) atoms. The Labute approximate surface area is 102 Å². The molecular weight excluding hydrogens is 218 g/mol. The maximum atomic E-state index is 10.8. The molecule has 1 fully saturated rings. The number of hydrogen-bond donors (Lipinski definition) is 2. The molecule has 96 valence electrons. The average molecular weight is 239 g/mol. The lowest BCUT2D eigenvalue weighted by Gasteiger charge is -2.36. The van der Waals surface area contributed by atoms with Gasteiger partial charge >= 0.3 is 0 Å². The van der Waals surface area contributed by atoms with Crippen molar-refractivity contribution in [3.05, 3.63) is 11.9 Å². The normalized spacial score (nSPS) is 29.3. The van der Waals surface area contributed by atoms with Gasteiger partial charge in [0.15, 0.2) is 5.75 Å². The van der Waals surface area contributed by atoms with Crippen LogP contribution in [0.25, 0.3) is 0 Å². The fourth-order valence-corrected chi connectivity index (χ4v) is 2.74. The number of hydrogen-bond acceptors (Lipinski definition) is 4. The van der Waals surface area contributed by atoms with Crippen molar-refractivity contribution in [2.45, 2.75) is 50.8 Å². The third kappa shape index (κ3) is 2.17. The first kappa shape index (κ1) is 12.4. The summed E-state index contributed by atoms with van der Waals surface area (Å²) >= 11 is 0. The van der Waals surface area contributed by atoms with Gasteiger partial charge in [-0.25, -0.2) is 0 Å². The SMILES string of the molecule is CCn1ncc(OC)c1C1(O)CCCC(N)C1. The van der Waals surface area contributed by atoms with E-state index in [4.69, 9.17) is 10.5 Å². The average Bonchev–Trinajstić information content (AvgIpc) is 2.72. The highest BCUT2D eigenvalue weighted by atomic mass is 16.5. The zero-order valence-electron chi connectivity index (χ0n) is 10.5. The molecule has 0 spiro atoms. The van der Waals surface area contributed by atoms with E-state index in [0.717, 1.165) is 31.5 Å². The Bertz CT molecular complexity index is 370. The molecule has 0 radical (unpaired) electrons. The summed E-state index contributed by atoms with van der Waals surface area (Å²) in [5.41, 5.74) is 5.85. The van der Waals surface area contributed by atoms with E-state index >= 15 is 0 Å². The largest absolute Gasteiger partial charge is 0.493 e. The van der Waals surface area contributed by atoms with Gasteiger partial charge in [0.05, 0.1) is 13.3 Å². The smallest absolute Gasteiger partial charge is 0.162 e. The lowest BCUT2D eigenvalue weighted by molar-refractivity contribution is -0.0168. The second kappa shape index (κ2) is 4.66. The van der Waals surface area contributed by atoms with Crippen molar-refractivity contribution in [2.24, 2.45) is 5.73 Å². The Kier molecular flexibility index (Phi) is 3.40. The lowest BCUT2D eigenvalue weighted by atomic mass is 9.79. The molecule has 1 aromatic rings. The van der Waals surface area contributed by atoms with E-state index in [-0.39, 0.29) is 6.04 Å².